The van der Waals surface area contributed by atoms with Gasteiger partial charge < -0.3 is 18.9 Å². The minimum absolute atomic E-state index is 0.124. The van der Waals surface area contributed by atoms with Gasteiger partial charge in [-0.05, 0) is 48.2 Å². The maximum atomic E-state index is 11.8. The van der Waals surface area contributed by atoms with Crippen LogP contribution in [0.25, 0.3) is 10.9 Å². The zero-order valence-corrected chi connectivity index (χ0v) is 26.8. The van der Waals surface area contributed by atoms with E-state index in [1.54, 1.807) is 7.11 Å². The Kier molecular flexibility index (Phi) is 9.88. The highest BCUT2D eigenvalue weighted by Crippen LogP contribution is 2.48. The number of nitrogens with zero attached hydrogens (tertiary/aromatic N) is 3. The van der Waals surface area contributed by atoms with Crippen molar-refractivity contribution in [2.24, 2.45) is 11.8 Å². The molecule has 3 aliphatic rings. The van der Waals surface area contributed by atoms with Gasteiger partial charge in [-0.1, -0.05) is 48.5 Å². The lowest BCUT2D eigenvalue weighted by Crippen LogP contribution is -2.67. The number of aliphatic hydroxyl groups excluding tert-OH is 1. The van der Waals surface area contributed by atoms with Gasteiger partial charge in [0.1, 0.15) is 34.6 Å². The van der Waals surface area contributed by atoms with Crippen LogP contribution in [-0.4, -0.2) is 58.7 Å². The minimum atomic E-state index is -4.47. The summed E-state index contributed by atoms with van der Waals surface area (Å²) in [5.74, 6) is 1.92. The molecule has 46 heavy (non-hydrogen) atoms. The first-order valence-corrected chi connectivity index (χ1v) is 16.7. The van der Waals surface area contributed by atoms with Crippen LogP contribution in [0.3, 0.4) is 0 Å². The van der Waals surface area contributed by atoms with Gasteiger partial charge in [-0.15, -0.1) is 6.58 Å². The number of aliphatic hydroxyl groups is 1. The topological polar surface area (TPSA) is 143 Å². The number of non-ortho nitro benzene ring substituents is 1. The average molecular weight is 646 g/mol. The van der Waals surface area contributed by atoms with Crippen molar-refractivity contribution in [3.63, 3.8) is 0 Å². The number of methoxy groups -OCH3 is 1. The van der Waals surface area contributed by atoms with Crippen LogP contribution in [0.2, 0.25) is 0 Å². The van der Waals surface area contributed by atoms with Crippen LogP contribution in [0.5, 0.6) is 5.75 Å². The second-order valence-electron chi connectivity index (χ2n) is 12.2. The summed E-state index contributed by atoms with van der Waals surface area (Å²) in [6, 6.07) is 23.8. The smallest absolute Gasteiger partial charge is 0.269 e. The zero-order valence-electron chi connectivity index (χ0n) is 25.9. The number of aromatic nitrogens is 1. The van der Waals surface area contributed by atoms with Crippen LogP contribution in [0.15, 0.2) is 97.7 Å². The van der Waals surface area contributed by atoms with Crippen LogP contribution in [0, 0.1) is 22.0 Å². The first kappa shape index (κ1) is 33.2. The van der Waals surface area contributed by atoms with Gasteiger partial charge >= 0.3 is 0 Å². The van der Waals surface area contributed by atoms with Crippen molar-refractivity contribution in [1.82, 2.24) is 4.98 Å². The van der Waals surface area contributed by atoms with Gasteiger partial charge in [-0.25, -0.2) is 8.42 Å². The highest BCUT2D eigenvalue weighted by atomic mass is 32.2. The molecule has 6 atom stereocenters. The number of pyridine rings is 1. The third kappa shape index (κ3) is 6.97. The molecule has 4 heterocycles. The average Bonchev–Trinajstić information content (AvgIpc) is 3.07. The van der Waals surface area contributed by atoms with E-state index < -0.39 is 26.4 Å². The van der Waals surface area contributed by atoms with Crippen molar-refractivity contribution in [3.8, 4) is 5.75 Å². The number of benzene rings is 3. The van der Waals surface area contributed by atoms with Gasteiger partial charge in [0.2, 0.25) is 0 Å². The number of ether oxygens (including phenoxy) is 1. The van der Waals surface area contributed by atoms with Crippen LogP contribution in [0.1, 0.15) is 47.8 Å². The Balaban J connectivity index is 0.000000235. The Morgan fingerprint density at radius 3 is 2.57 bits per heavy atom. The second-order valence-corrected chi connectivity index (χ2v) is 13.9. The molecule has 1 unspecified atom stereocenters. The normalized spacial score (nSPS) is 23.5. The number of nitro benzene ring substituents is 1. The summed E-state index contributed by atoms with van der Waals surface area (Å²) in [6.45, 7) is 8.44. The first-order chi connectivity index (χ1) is 22.0. The van der Waals surface area contributed by atoms with Crippen molar-refractivity contribution in [3.05, 3.63) is 125 Å². The van der Waals surface area contributed by atoms with Gasteiger partial charge in [0, 0.05) is 48.0 Å². The summed E-state index contributed by atoms with van der Waals surface area (Å²) in [6.07, 6.45) is 5.65. The number of quaternary nitrogens is 1. The number of piperidine rings is 3. The van der Waals surface area contributed by atoms with Crippen LogP contribution >= 0.6 is 0 Å². The quantitative estimate of drug-likeness (QED) is 0.0758. The molecular weight excluding hydrogens is 606 g/mol. The van der Waals surface area contributed by atoms with Crippen molar-refractivity contribution in [2.75, 3.05) is 20.2 Å². The molecule has 2 bridgehead atoms. The maximum Gasteiger partial charge on any atom is 0.269 e. The van der Waals surface area contributed by atoms with E-state index in [0.29, 0.717) is 11.8 Å². The zero-order chi connectivity index (χ0) is 33.1. The van der Waals surface area contributed by atoms with E-state index in [4.69, 9.17) is 4.74 Å². The summed E-state index contributed by atoms with van der Waals surface area (Å²) in [5, 5.41) is 21.9. The SMILES string of the molecule is C=C[C@H]1C[N@+]2(Cc3ccccc3)CC[C@H]1C[C@H]2[C@H](O)c1ccnc2ccc(OC)cc12.CC(c1cccc([N+](=O)[O-])c1)S(=O)(=O)[O-]. The van der Waals surface area contributed by atoms with Crippen molar-refractivity contribution >= 4 is 26.7 Å². The van der Waals surface area contributed by atoms with E-state index in [0.717, 1.165) is 58.8 Å². The second kappa shape index (κ2) is 13.7. The van der Waals surface area contributed by atoms with Gasteiger partial charge in [-0.3, -0.25) is 15.1 Å². The molecule has 7 rings (SSSR count). The Morgan fingerprint density at radius 1 is 1.13 bits per heavy atom. The predicted molar refractivity (Wildman–Crippen MR) is 175 cm³/mol. The molecule has 3 saturated heterocycles. The number of hydrogen-bond donors (Lipinski definition) is 1. The minimum Gasteiger partial charge on any atom is -0.747 e. The van der Waals surface area contributed by atoms with E-state index in [-0.39, 0.29) is 17.3 Å². The lowest BCUT2D eigenvalue weighted by molar-refractivity contribution is -0.984. The molecule has 3 aromatic carbocycles. The molecule has 242 valence electrons. The van der Waals surface area contributed by atoms with Gasteiger partial charge in [-0.2, -0.15) is 0 Å². The summed E-state index contributed by atoms with van der Waals surface area (Å²) in [4.78, 5) is 14.3. The molecule has 0 aliphatic carbocycles. The number of rotatable bonds is 9. The highest BCUT2D eigenvalue weighted by Gasteiger charge is 2.54. The predicted octanol–water partition coefficient (Wildman–Crippen LogP) is 6.09. The number of fused-ring (bicyclic) bond motifs is 4. The number of nitro groups is 1. The van der Waals surface area contributed by atoms with Gasteiger partial charge in [0.25, 0.3) is 5.69 Å². The van der Waals surface area contributed by atoms with Crippen molar-refractivity contribution in [1.29, 1.82) is 0 Å². The standard InChI is InChI=1S/C27H31N2O2.C8H9NO5S/c1-3-20-18-29(17-19-7-5-4-6-8-19)14-12-21(20)15-26(29)27(30)23-11-13-28-25-10-9-22(31-2)16-24(23)25;1-6(15(12,13)14)7-3-2-4-8(5-7)9(10)11/h3-11,13,16,20-21,26-27,30H,1,12,14-15,17-18H2,2H3;2-6H,1H3,(H,12,13,14)/q+1;/p-1/t20-,21-,26-,27+,29+;/m0./s1. The summed E-state index contributed by atoms with van der Waals surface area (Å²) < 4.78 is 38.4. The molecule has 10 nitrogen and oxygen atoms in total. The fourth-order valence-corrected chi connectivity index (χ4v) is 7.60. The third-order valence-corrected chi connectivity index (χ3v) is 10.8. The largest absolute Gasteiger partial charge is 0.747 e. The molecule has 0 spiro atoms. The number of hydrogen-bond acceptors (Lipinski definition) is 8. The fourth-order valence-electron chi connectivity index (χ4n) is 7.12. The Bertz CT molecular complexity index is 1820. The molecule has 0 amide bonds. The van der Waals surface area contributed by atoms with E-state index in [1.807, 2.05) is 30.5 Å². The summed E-state index contributed by atoms with van der Waals surface area (Å²) in [5.41, 5.74) is 3.08. The molecule has 3 aliphatic heterocycles. The molecule has 1 aromatic heterocycles. The molecule has 4 aromatic rings. The first-order valence-electron chi connectivity index (χ1n) is 15.3. The molecule has 11 heteroatoms. The van der Waals surface area contributed by atoms with Crippen molar-refractivity contribution < 1.29 is 32.2 Å². The van der Waals surface area contributed by atoms with Crippen LogP contribution in [-0.2, 0) is 16.7 Å². The Hall–Kier alpha value is -4.16. The Morgan fingerprint density at radius 2 is 1.89 bits per heavy atom. The van der Waals surface area contributed by atoms with Gasteiger partial charge in [0.15, 0.2) is 0 Å². The summed E-state index contributed by atoms with van der Waals surface area (Å²) >= 11 is 0. The fraction of sp³-hybridized carbons (Fsp3) is 0.343. The summed E-state index contributed by atoms with van der Waals surface area (Å²) in [7, 11) is -2.80. The highest BCUT2D eigenvalue weighted by molar-refractivity contribution is 7.85. The maximum absolute atomic E-state index is 11.8. The van der Waals surface area contributed by atoms with E-state index in [9.17, 15) is 28.2 Å². The van der Waals surface area contributed by atoms with Crippen LogP contribution < -0.4 is 4.74 Å². The van der Waals surface area contributed by atoms with Crippen LogP contribution in [0.4, 0.5) is 5.69 Å². The van der Waals surface area contributed by atoms with Gasteiger partial charge in [0.05, 0.1) is 35.9 Å². The molecule has 0 radical (unpaired) electrons. The molecule has 3 fully saturated rings. The molecular formula is C35H39N3O7S. The lowest BCUT2D eigenvalue weighted by atomic mass is 9.71. The lowest BCUT2D eigenvalue weighted by Gasteiger charge is -2.58. The van der Waals surface area contributed by atoms with Crippen molar-refractivity contribution in [2.45, 2.75) is 43.7 Å². The third-order valence-electron chi connectivity index (χ3n) is 9.66. The molecule has 0 saturated carbocycles. The monoisotopic (exact) mass is 645 g/mol. The van der Waals surface area contributed by atoms with E-state index in [2.05, 4.69) is 48.0 Å². The van der Waals surface area contributed by atoms with E-state index >= 15 is 0 Å². The van der Waals surface area contributed by atoms with E-state index in [1.165, 1.54) is 37.1 Å². The molecule has 1 N–H and O–H groups in total. The Labute approximate surface area is 269 Å².